The van der Waals surface area contributed by atoms with Gasteiger partial charge in [0.1, 0.15) is 0 Å². The van der Waals surface area contributed by atoms with Gasteiger partial charge in [-0.25, -0.2) is 9.59 Å². The molecule has 0 aromatic rings. The van der Waals surface area contributed by atoms with Crippen LogP contribution in [0.3, 0.4) is 0 Å². The van der Waals surface area contributed by atoms with Crippen molar-refractivity contribution >= 4 is 17.9 Å². The molecule has 0 aliphatic rings. The van der Waals surface area contributed by atoms with Crippen LogP contribution in [0.4, 0.5) is 0 Å². The van der Waals surface area contributed by atoms with Gasteiger partial charge in [-0.3, -0.25) is 0 Å². The van der Waals surface area contributed by atoms with E-state index >= 15 is 0 Å². The average Bonchev–Trinajstić information content (AvgIpc) is 2.28. The number of hydrogen-bond donors (Lipinski definition) is 2. The van der Waals surface area contributed by atoms with Gasteiger partial charge in [-0.1, -0.05) is 13.2 Å². The number of carboxylic acids is 3. The Labute approximate surface area is 125 Å². The third-order valence-corrected chi connectivity index (χ3v) is 2.13. The van der Waals surface area contributed by atoms with Crippen LogP contribution in [-0.2, 0) is 14.4 Å². The first kappa shape index (κ1) is 23.9. The number of aliphatic carboxylic acids is 3. The Morgan fingerprint density at radius 1 is 1.05 bits per heavy atom. The molecule has 0 aliphatic carbocycles. The zero-order chi connectivity index (χ0) is 17.8. The summed E-state index contributed by atoms with van der Waals surface area (Å²) in [4.78, 5) is 29.2. The summed E-state index contributed by atoms with van der Waals surface area (Å²) in [6.45, 7) is 12.1. The maximum atomic E-state index is 10.2. The lowest BCUT2D eigenvalue weighted by Gasteiger charge is -2.25. The summed E-state index contributed by atoms with van der Waals surface area (Å²) >= 11 is 0. The smallest absolute Gasteiger partial charge is 0.359 e. The third kappa shape index (κ3) is 23.4. The molecule has 0 amide bonds. The minimum absolute atomic E-state index is 0.0648. The number of rotatable bonds is 5. The molecule has 2 N–H and O–H groups in total. The van der Waals surface area contributed by atoms with E-state index in [4.69, 9.17) is 10.2 Å². The zero-order valence-corrected chi connectivity index (χ0v) is 13.3. The number of carbonyl (C=O) groups excluding carboxylic acids is 1. The van der Waals surface area contributed by atoms with Crippen LogP contribution < -0.4 is 5.11 Å². The molecule has 0 aliphatic heterocycles. The lowest BCUT2D eigenvalue weighted by molar-refractivity contribution is -0.881. The Kier molecular flexibility index (Phi) is 13.3. The highest BCUT2D eigenvalue weighted by molar-refractivity contribution is 5.84. The van der Waals surface area contributed by atoms with Crippen molar-refractivity contribution in [1.29, 1.82) is 0 Å². The van der Waals surface area contributed by atoms with Crippen molar-refractivity contribution in [2.45, 2.75) is 20.8 Å². The van der Waals surface area contributed by atoms with E-state index in [-0.39, 0.29) is 17.7 Å². The van der Waals surface area contributed by atoms with Crippen molar-refractivity contribution in [1.82, 2.24) is 0 Å². The molecule has 21 heavy (non-hydrogen) atoms. The first-order chi connectivity index (χ1) is 9.26. The molecular formula is C14H25NO6. The van der Waals surface area contributed by atoms with E-state index in [1.807, 2.05) is 21.0 Å². The number of quaternary nitrogens is 1. The Bertz CT molecular complexity index is 350. The van der Waals surface area contributed by atoms with Crippen molar-refractivity contribution < 1.29 is 34.2 Å². The number of likely N-dealkylation sites (N-methyl/N-ethyl adjacent to an activating group) is 1. The van der Waals surface area contributed by atoms with E-state index < -0.39 is 17.9 Å². The summed E-state index contributed by atoms with van der Waals surface area (Å²) in [7, 11) is 3.79. The van der Waals surface area contributed by atoms with Gasteiger partial charge in [0.15, 0.2) is 6.54 Å². The van der Waals surface area contributed by atoms with Crippen LogP contribution in [0.1, 0.15) is 20.8 Å². The summed E-state index contributed by atoms with van der Waals surface area (Å²) in [6.07, 6.45) is 0. The maximum absolute atomic E-state index is 10.2. The first-order valence-electron chi connectivity index (χ1n) is 6.06. The molecule has 0 fully saturated rings. The molecule has 0 unspecified atom stereocenters. The number of nitrogens with zero attached hydrogens (tertiary/aromatic N) is 1. The highest BCUT2D eigenvalue weighted by Crippen LogP contribution is 1.93. The van der Waals surface area contributed by atoms with Gasteiger partial charge in [0.25, 0.3) is 0 Å². The summed E-state index contributed by atoms with van der Waals surface area (Å²) in [5, 5.41) is 25.7. The second-order valence-corrected chi connectivity index (χ2v) is 4.96. The molecule has 7 heteroatoms. The minimum atomic E-state index is -1.19. The number of hydrogen-bond acceptors (Lipinski definition) is 4. The third-order valence-electron chi connectivity index (χ3n) is 2.13. The fourth-order valence-corrected chi connectivity index (χ4v) is 0.478. The van der Waals surface area contributed by atoms with E-state index in [0.717, 1.165) is 6.54 Å². The molecule has 0 radical (unpaired) electrons. The number of carboxylic acid groups (broad SMARTS) is 3. The average molecular weight is 303 g/mol. The van der Waals surface area contributed by atoms with E-state index in [1.54, 1.807) is 0 Å². The van der Waals surface area contributed by atoms with Crippen LogP contribution in [0.25, 0.3) is 0 Å². The lowest BCUT2D eigenvalue weighted by Crippen LogP contribution is -2.43. The van der Waals surface area contributed by atoms with Crippen molar-refractivity contribution in [3.63, 3.8) is 0 Å². The summed E-state index contributed by atoms with van der Waals surface area (Å²) in [5.74, 6) is -2.85. The standard InChI is InChI=1S/C6H13NO2.2C4H6O2/c1-4-7(2,3)5-6(8)9;2*1-3(2)4(5)6/h4-5H2,1-3H3;2*1H2,2H3,(H,5,6). The Morgan fingerprint density at radius 3 is 1.38 bits per heavy atom. The molecule has 0 spiro atoms. The summed E-state index contributed by atoms with van der Waals surface area (Å²) in [6, 6.07) is 0. The predicted octanol–water partition coefficient (Wildman–Crippen LogP) is 0.127. The van der Waals surface area contributed by atoms with Crippen LogP contribution in [0.2, 0.25) is 0 Å². The topological polar surface area (TPSA) is 115 Å². The van der Waals surface area contributed by atoms with Crippen molar-refractivity contribution in [3.8, 4) is 0 Å². The van der Waals surface area contributed by atoms with Gasteiger partial charge in [-0.15, -0.1) is 0 Å². The Hall–Kier alpha value is -2.15. The quantitative estimate of drug-likeness (QED) is 0.551. The summed E-state index contributed by atoms with van der Waals surface area (Å²) < 4.78 is 0.551. The van der Waals surface area contributed by atoms with E-state index in [9.17, 15) is 19.5 Å². The largest absolute Gasteiger partial charge is 0.545 e. The SMILES string of the molecule is C=C(C)C(=O)O.C=C(C)C(=O)[O-].CC[N+](C)(C)CC(=O)O. The zero-order valence-electron chi connectivity index (χ0n) is 13.3. The van der Waals surface area contributed by atoms with Crippen LogP contribution in [0.5, 0.6) is 0 Å². The summed E-state index contributed by atoms with van der Waals surface area (Å²) in [5.41, 5.74) is 0.241. The van der Waals surface area contributed by atoms with Gasteiger partial charge >= 0.3 is 11.9 Å². The van der Waals surface area contributed by atoms with Crippen molar-refractivity contribution in [2.24, 2.45) is 0 Å². The Balaban J connectivity index is -0.000000240. The highest BCUT2D eigenvalue weighted by Gasteiger charge is 2.15. The fraction of sp³-hybridized carbons (Fsp3) is 0.500. The minimum Gasteiger partial charge on any atom is -0.545 e. The Morgan fingerprint density at radius 2 is 1.33 bits per heavy atom. The molecule has 0 rings (SSSR count). The first-order valence-corrected chi connectivity index (χ1v) is 6.06. The number of carbonyl (C=O) groups is 3. The molecule has 0 bridgehead atoms. The molecule has 0 aromatic heterocycles. The van der Waals surface area contributed by atoms with Gasteiger partial charge < -0.3 is 24.6 Å². The van der Waals surface area contributed by atoms with E-state index in [0.29, 0.717) is 4.48 Å². The molecule has 0 saturated heterocycles. The van der Waals surface area contributed by atoms with Gasteiger partial charge in [0.2, 0.25) is 0 Å². The maximum Gasteiger partial charge on any atom is 0.359 e. The molecule has 0 heterocycles. The predicted molar refractivity (Wildman–Crippen MR) is 77.4 cm³/mol. The van der Waals surface area contributed by atoms with Gasteiger partial charge in [0, 0.05) is 5.57 Å². The van der Waals surface area contributed by atoms with E-state index in [2.05, 4.69) is 13.2 Å². The molecule has 0 aromatic carbocycles. The van der Waals surface area contributed by atoms with Gasteiger partial charge in [0.05, 0.1) is 26.6 Å². The second-order valence-electron chi connectivity index (χ2n) is 4.96. The van der Waals surface area contributed by atoms with E-state index in [1.165, 1.54) is 13.8 Å². The molecule has 0 atom stereocenters. The van der Waals surface area contributed by atoms with Crippen LogP contribution in [0, 0.1) is 0 Å². The molecule has 0 saturated carbocycles. The van der Waals surface area contributed by atoms with Crippen molar-refractivity contribution in [2.75, 3.05) is 27.2 Å². The highest BCUT2D eigenvalue weighted by atomic mass is 16.4. The molecular weight excluding hydrogens is 278 g/mol. The molecule has 122 valence electrons. The van der Waals surface area contributed by atoms with Crippen LogP contribution >= 0.6 is 0 Å². The lowest BCUT2D eigenvalue weighted by atomic mass is 10.4. The normalized spacial score (nSPS) is 9.19. The van der Waals surface area contributed by atoms with Crippen LogP contribution in [0.15, 0.2) is 24.3 Å². The van der Waals surface area contributed by atoms with Gasteiger partial charge in [-0.2, -0.15) is 0 Å². The fourth-order valence-electron chi connectivity index (χ4n) is 0.478. The van der Waals surface area contributed by atoms with Crippen molar-refractivity contribution in [3.05, 3.63) is 24.3 Å². The van der Waals surface area contributed by atoms with Gasteiger partial charge in [-0.05, 0) is 26.3 Å². The monoisotopic (exact) mass is 303 g/mol. The molecule has 7 nitrogen and oxygen atoms in total. The van der Waals surface area contributed by atoms with Crippen LogP contribution in [-0.4, -0.2) is 59.8 Å². The second kappa shape index (κ2) is 11.7.